The maximum atomic E-state index is 11.3. The average molecular weight is 248 g/mol. The van der Waals surface area contributed by atoms with Gasteiger partial charge in [-0.1, -0.05) is 0 Å². The van der Waals surface area contributed by atoms with Crippen LogP contribution in [0.1, 0.15) is 35.7 Å². The van der Waals surface area contributed by atoms with Crippen LogP contribution in [0.15, 0.2) is 18.2 Å². The molecule has 18 heavy (non-hydrogen) atoms. The normalized spacial score (nSPS) is 16.6. The number of aryl methyl sites for hydroxylation is 1. The van der Waals surface area contributed by atoms with Gasteiger partial charge in [-0.05, 0) is 56.4 Å². The Morgan fingerprint density at radius 2 is 2.11 bits per heavy atom. The second kappa shape index (κ2) is 6.01. The van der Waals surface area contributed by atoms with Crippen LogP contribution in [0.4, 0.5) is 0 Å². The Bertz CT molecular complexity index is 420. The fourth-order valence-corrected chi connectivity index (χ4v) is 2.15. The zero-order valence-electron chi connectivity index (χ0n) is 11.1. The van der Waals surface area contributed by atoms with E-state index in [1.54, 1.807) is 6.92 Å². The second-order valence-electron chi connectivity index (χ2n) is 4.90. The highest BCUT2D eigenvalue weighted by Crippen LogP contribution is 2.22. The number of carbonyl (C=O) groups is 1. The summed E-state index contributed by atoms with van der Waals surface area (Å²) in [6.07, 6.45) is 2.15. The number of carbonyl (C=O) groups excluding carboxylic acids is 1. The van der Waals surface area contributed by atoms with E-state index in [0.717, 1.165) is 49.5 Å². The van der Waals surface area contributed by atoms with Gasteiger partial charge >= 0.3 is 0 Å². The number of Topliss-reactive ketones (excluding diaryl/α,β-unsaturated/α-hetero) is 1. The molecule has 0 aliphatic carbocycles. The van der Waals surface area contributed by atoms with E-state index >= 15 is 0 Å². The lowest BCUT2D eigenvalue weighted by Crippen LogP contribution is -2.21. The van der Waals surface area contributed by atoms with Gasteiger partial charge in [0.25, 0.3) is 0 Å². The van der Waals surface area contributed by atoms with Crippen molar-refractivity contribution in [3.8, 4) is 5.75 Å². The van der Waals surface area contributed by atoms with Crippen LogP contribution in [0.2, 0.25) is 0 Å². The molecule has 2 rings (SSSR count). The Balaban J connectivity index is 1.94. The lowest BCUT2D eigenvalue weighted by molar-refractivity contribution is 0.0496. The van der Waals surface area contributed by atoms with Crippen molar-refractivity contribution in [3.63, 3.8) is 0 Å². The Morgan fingerprint density at radius 3 is 2.72 bits per heavy atom. The Kier molecular flexibility index (Phi) is 4.37. The molecule has 0 saturated carbocycles. The number of ketones is 1. The van der Waals surface area contributed by atoms with Gasteiger partial charge in [0.2, 0.25) is 0 Å². The van der Waals surface area contributed by atoms with Gasteiger partial charge in [-0.25, -0.2) is 0 Å². The van der Waals surface area contributed by atoms with Crippen LogP contribution in [-0.4, -0.2) is 25.6 Å². The van der Waals surface area contributed by atoms with Crippen molar-refractivity contribution in [2.75, 3.05) is 19.8 Å². The Labute approximate surface area is 108 Å². The summed E-state index contributed by atoms with van der Waals surface area (Å²) in [4.78, 5) is 11.3. The summed E-state index contributed by atoms with van der Waals surface area (Å²) in [5.74, 6) is 1.56. The molecule has 1 aromatic rings. The van der Waals surface area contributed by atoms with Crippen LogP contribution in [0.5, 0.6) is 5.75 Å². The third kappa shape index (κ3) is 3.33. The van der Waals surface area contributed by atoms with Gasteiger partial charge in [0.1, 0.15) is 5.75 Å². The maximum absolute atomic E-state index is 11.3. The van der Waals surface area contributed by atoms with Crippen LogP contribution in [0.25, 0.3) is 0 Å². The summed E-state index contributed by atoms with van der Waals surface area (Å²) < 4.78 is 11.2. The lowest BCUT2D eigenvalue weighted by atomic mass is 10.0. The summed E-state index contributed by atoms with van der Waals surface area (Å²) in [6, 6.07) is 5.61. The van der Waals surface area contributed by atoms with Crippen molar-refractivity contribution < 1.29 is 14.3 Å². The van der Waals surface area contributed by atoms with E-state index in [1.165, 1.54) is 0 Å². The maximum Gasteiger partial charge on any atom is 0.159 e. The van der Waals surface area contributed by atoms with Crippen LogP contribution in [-0.2, 0) is 4.74 Å². The van der Waals surface area contributed by atoms with Gasteiger partial charge in [0.15, 0.2) is 5.78 Å². The summed E-state index contributed by atoms with van der Waals surface area (Å²) in [5.41, 5.74) is 1.76. The summed E-state index contributed by atoms with van der Waals surface area (Å²) >= 11 is 0. The number of ether oxygens (including phenoxy) is 2. The van der Waals surface area contributed by atoms with Crippen molar-refractivity contribution in [1.82, 2.24) is 0 Å². The molecule has 0 unspecified atom stereocenters. The molecule has 0 N–H and O–H groups in total. The van der Waals surface area contributed by atoms with E-state index in [1.807, 2.05) is 25.1 Å². The van der Waals surface area contributed by atoms with Gasteiger partial charge in [-0.15, -0.1) is 0 Å². The van der Waals surface area contributed by atoms with Gasteiger partial charge in [-0.3, -0.25) is 4.79 Å². The van der Waals surface area contributed by atoms with Crippen LogP contribution in [0, 0.1) is 12.8 Å². The minimum Gasteiger partial charge on any atom is -0.493 e. The standard InChI is InChI=1S/C15H20O3/c1-11-9-14(12(2)16)3-4-15(11)18-10-13-5-7-17-8-6-13/h3-4,9,13H,5-8,10H2,1-2H3. The molecular formula is C15H20O3. The molecule has 1 fully saturated rings. The van der Waals surface area contributed by atoms with E-state index in [-0.39, 0.29) is 5.78 Å². The Morgan fingerprint density at radius 1 is 1.39 bits per heavy atom. The molecule has 1 aromatic carbocycles. The predicted molar refractivity (Wildman–Crippen MR) is 70.2 cm³/mol. The molecule has 3 heteroatoms. The third-order valence-corrected chi connectivity index (χ3v) is 3.40. The number of hydrogen-bond acceptors (Lipinski definition) is 3. The van der Waals surface area contributed by atoms with E-state index < -0.39 is 0 Å². The zero-order chi connectivity index (χ0) is 13.0. The van der Waals surface area contributed by atoms with Crippen molar-refractivity contribution in [2.45, 2.75) is 26.7 Å². The highest BCUT2D eigenvalue weighted by atomic mass is 16.5. The first-order chi connectivity index (χ1) is 8.66. The second-order valence-corrected chi connectivity index (χ2v) is 4.90. The molecule has 0 aromatic heterocycles. The number of hydrogen-bond donors (Lipinski definition) is 0. The molecule has 0 bridgehead atoms. The van der Waals surface area contributed by atoms with E-state index in [4.69, 9.17) is 9.47 Å². The summed E-state index contributed by atoms with van der Waals surface area (Å²) in [5, 5.41) is 0. The van der Waals surface area contributed by atoms with Crippen molar-refractivity contribution >= 4 is 5.78 Å². The summed E-state index contributed by atoms with van der Waals surface area (Å²) in [7, 11) is 0. The SMILES string of the molecule is CC(=O)c1ccc(OCC2CCOCC2)c(C)c1. The third-order valence-electron chi connectivity index (χ3n) is 3.40. The van der Waals surface area contributed by atoms with E-state index in [2.05, 4.69) is 0 Å². The molecule has 1 aliphatic rings. The minimum atomic E-state index is 0.0917. The molecular weight excluding hydrogens is 228 g/mol. The van der Waals surface area contributed by atoms with Gasteiger partial charge in [-0.2, -0.15) is 0 Å². The fourth-order valence-electron chi connectivity index (χ4n) is 2.15. The van der Waals surface area contributed by atoms with Gasteiger partial charge < -0.3 is 9.47 Å². The molecule has 98 valence electrons. The van der Waals surface area contributed by atoms with Gasteiger partial charge in [0, 0.05) is 18.8 Å². The highest BCUT2D eigenvalue weighted by molar-refractivity contribution is 5.94. The molecule has 1 heterocycles. The Hall–Kier alpha value is -1.35. The first-order valence-corrected chi connectivity index (χ1v) is 6.49. The summed E-state index contributed by atoms with van der Waals surface area (Å²) in [6.45, 7) is 5.99. The number of benzene rings is 1. The molecule has 3 nitrogen and oxygen atoms in total. The first-order valence-electron chi connectivity index (χ1n) is 6.49. The molecule has 1 saturated heterocycles. The molecule has 0 amide bonds. The average Bonchev–Trinajstić information content (AvgIpc) is 2.38. The quantitative estimate of drug-likeness (QED) is 0.768. The topological polar surface area (TPSA) is 35.5 Å². The smallest absolute Gasteiger partial charge is 0.159 e. The predicted octanol–water partition coefficient (Wildman–Crippen LogP) is 3.00. The van der Waals surface area contributed by atoms with E-state index in [9.17, 15) is 4.79 Å². The fraction of sp³-hybridized carbons (Fsp3) is 0.533. The minimum absolute atomic E-state index is 0.0917. The molecule has 0 radical (unpaired) electrons. The van der Waals surface area contributed by atoms with E-state index in [0.29, 0.717) is 5.92 Å². The van der Waals surface area contributed by atoms with Crippen LogP contribution < -0.4 is 4.74 Å². The van der Waals surface area contributed by atoms with Crippen molar-refractivity contribution in [3.05, 3.63) is 29.3 Å². The first kappa shape index (κ1) is 13.1. The monoisotopic (exact) mass is 248 g/mol. The van der Waals surface area contributed by atoms with Crippen LogP contribution in [0.3, 0.4) is 0 Å². The van der Waals surface area contributed by atoms with Gasteiger partial charge in [0.05, 0.1) is 6.61 Å². The van der Waals surface area contributed by atoms with Crippen LogP contribution >= 0.6 is 0 Å². The highest BCUT2D eigenvalue weighted by Gasteiger charge is 2.15. The van der Waals surface area contributed by atoms with Crippen molar-refractivity contribution in [1.29, 1.82) is 0 Å². The largest absolute Gasteiger partial charge is 0.493 e. The molecule has 1 aliphatic heterocycles. The zero-order valence-corrected chi connectivity index (χ0v) is 11.1. The number of rotatable bonds is 4. The molecule has 0 spiro atoms. The molecule has 0 atom stereocenters. The lowest BCUT2D eigenvalue weighted by Gasteiger charge is -2.22. The van der Waals surface area contributed by atoms with Crippen molar-refractivity contribution in [2.24, 2.45) is 5.92 Å².